The van der Waals surface area contributed by atoms with Gasteiger partial charge in [-0.1, -0.05) is 72.4 Å². The molecule has 2 aromatic heterocycles. The molecule has 0 radical (unpaired) electrons. The van der Waals surface area contributed by atoms with Gasteiger partial charge in [-0.3, -0.25) is 0 Å². The standard InChI is InChI=1S/C26H27FN4O3S2/c1-35-25-24-28-13-19(31(24)30-26(29-25)36-2)22-21(27)23(33-15-18-11-7-4-8-12-18)20(34-22)16-32-14-17-9-5-3-6-10-17/h3-13,20-23H,14-16H2,1-2H3. The third kappa shape index (κ3) is 5.42. The molecular weight excluding hydrogens is 499 g/mol. The Morgan fingerprint density at radius 3 is 2.33 bits per heavy atom. The van der Waals surface area contributed by atoms with E-state index in [-0.39, 0.29) is 13.2 Å². The van der Waals surface area contributed by atoms with Crippen LogP contribution in [0.3, 0.4) is 0 Å². The fourth-order valence-electron chi connectivity index (χ4n) is 4.19. The molecule has 1 aliphatic heterocycles. The highest BCUT2D eigenvalue weighted by molar-refractivity contribution is 7.99. The van der Waals surface area contributed by atoms with E-state index in [4.69, 9.17) is 14.2 Å². The number of rotatable bonds is 10. The Morgan fingerprint density at radius 2 is 1.67 bits per heavy atom. The normalized spacial score (nSPS) is 21.9. The van der Waals surface area contributed by atoms with Gasteiger partial charge in [-0.25, -0.2) is 18.9 Å². The van der Waals surface area contributed by atoms with Crippen molar-refractivity contribution in [3.63, 3.8) is 0 Å². The van der Waals surface area contributed by atoms with Crippen molar-refractivity contribution >= 4 is 29.2 Å². The van der Waals surface area contributed by atoms with Gasteiger partial charge in [0.05, 0.1) is 31.7 Å². The molecular formula is C26H27FN4O3S2. The summed E-state index contributed by atoms with van der Waals surface area (Å²) in [4.78, 5) is 8.99. The SMILES string of the molecule is CSc1nc(SC)c2ncc(C3OC(COCc4ccccc4)C(OCc4ccccc4)C3F)n2n1. The summed E-state index contributed by atoms with van der Waals surface area (Å²) in [6.45, 7) is 0.883. The van der Waals surface area contributed by atoms with E-state index in [0.29, 0.717) is 23.1 Å². The number of thioether (sulfide) groups is 2. The van der Waals surface area contributed by atoms with Gasteiger partial charge >= 0.3 is 0 Å². The highest BCUT2D eigenvalue weighted by atomic mass is 32.2. The van der Waals surface area contributed by atoms with Crippen LogP contribution in [0, 0.1) is 0 Å². The lowest BCUT2D eigenvalue weighted by Gasteiger charge is -2.20. The largest absolute Gasteiger partial charge is 0.374 e. The average Bonchev–Trinajstić information content (AvgIpc) is 3.48. The van der Waals surface area contributed by atoms with Gasteiger partial charge in [-0.2, -0.15) is 0 Å². The second-order valence-electron chi connectivity index (χ2n) is 8.33. The van der Waals surface area contributed by atoms with Crippen molar-refractivity contribution in [2.24, 2.45) is 0 Å². The first kappa shape index (κ1) is 25.2. The van der Waals surface area contributed by atoms with Gasteiger partial charge < -0.3 is 14.2 Å². The Labute approximate surface area is 217 Å². The Kier molecular flexibility index (Phi) is 8.18. The van der Waals surface area contributed by atoms with E-state index in [0.717, 1.165) is 16.2 Å². The lowest BCUT2D eigenvalue weighted by molar-refractivity contribution is -0.0742. The average molecular weight is 527 g/mol. The molecule has 1 saturated heterocycles. The first-order valence-electron chi connectivity index (χ1n) is 11.6. The molecule has 10 heteroatoms. The predicted octanol–water partition coefficient (Wildman–Crippen LogP) is 5.15. The molecule has 0 amide bonds. The molecule has 0 saturated carbocycles. The fourth-order valence-corrected chi connectivity index (χ4v) is 5.09. The minimum atomic E-state index is -1.43. The Morgan fingerprint density at radius 1 is 0.972 bits per heavy atom. The van der Waals surface area contributed by atoms with Gasteiger partial charge in [0.1, 0.15) is 23.3 Å². The number of ether oxygens (including phenoxy) is 3. The lowest BCUT2D eigenvalue weighted by Crippen LogP contribution is -2.34. The second kappa shape index (κ2) is 11.7. The van der Waals surface area contributed by atoms with Crippen LogP contribution in [-0.4, -0.2) is 57.1 Å². The van der Waals surface area contributed by atoms with E-state index in [1.54, 1.807) is 10.7 Å². The van der Waals surface area contributed by atoms with Crippen LogP contribution in [0.2, 0.25) is 0 Å². The second-order valence-corrected chi connectivity index (χ2v) is 9.90. The van der Waals surface area contributed by atoms with Crippen molar-refractivity contribution in [2.75, 3.05) is 19.1 Å². The zero-order valence-corrected chi connectivity index (χ0v) is 21.6. The van der Waals surface area contributed by atoms with Crippen LogP contribution in [0.15, 0.2) is 77.0 Å². The van der Waals surface area contributed by atoms with Gasteiger partial charge in [0.2, 0.25) is 5.16 Å². The Bertz CT molecular complexity index is 1280. The summed E-state index contributed by atoms with van der Waals surface area (Å²) in [7, 11) is 0. The third-order valence-corrected chi connectivity index (χ3v) is 7.17. The molecule has 0 aliphatic carbocycles. The molecule has 7 nitrogen and oxygen atoms in total. The maximum absolute atomic E-state index is 16.0. The van der Waals surface area contributed by atoms with Crippen molar-refractivity contribution in [2.45, 2.75) is 47.9 Å². The van der Waals surface area contributed by atoms with E-state index in [9.17, 15) is 0 Å². The molecule has 0 bridgehead atoms. The summed E-state index contributed by atoms with van der Waals surface area (Å²) in [5.41, 5.74) is 3.12. The van der Waals surface area contributed by atoms with Crippen molar-refractivity contribution in [3.05, 3.63) is 83.7 Å². The molecule has 0 N–H and O–H groups in total. The molecule has 5 rings (SSSR count). The molecule has 1 fully saturated rings. The van der Waals surface area contributed by atoms with Crippen molar-refractivity contribution in [3.8, 4) is 0 Å². The van der Waals surface area contributed by atoms with Gasteiger partial charge in [-0.15, -0.1) is 16.9 Å². The zero-order chi connectivity index (χ0) is 24.9. The highest BCUT2D eigenvalue weighted by Gasteiger charge is 2.48. The molecule has 36 heavy (non-hydrogen) atoms. The maximum atomic E-state index is 16.0. The summed E-state index contributed by atoms with van der Waals surface area (Å²) >= 11 is 2.89. The lowest BCUT2D eigenvalue weighted by atomic mass is 10.1. The third-order valence-electron chi connectivity index (χ3n) is 5.98. The van der Waals surface area contributed by atoms with E-state index < -0.39 is 24.5 Å². The highest BCUT2D eigenvalue weighted by Crippen LogP contribution is 2.38. The van der Waals surface area contributed by atoms with Crippen LogP contribution >= 0.6 is 23.5 Å². The summed E-state index contributed by atoms with van der Waals surface area (Å²) in [6.07, 6.45) is 1.72. The predicted molar refractivity (Wildman–Crippen MR) is 138 cm³/mol. The van der Waals surface area contributed by atoms with Crippen molar-refractivity contribution in [1.82, 2.24) is 19.6 Å². The van der Waals surface area contributed by atoms with Crippen LogP contribution in [-0.2, 0) is 27.4 Å². The molecule has 1 aliphatic rings. The number of aromatic nitrogens is 4. The summed E-state index contributed by atoms with van der Waals surface area (Å²) in [6, 6.07) is 19.6. The quantitative estimate of drug-likeness (QED) is 0.263. The zero-order valence-electron chi connectivity index (χ0n) is 20.0. The monoisotopic (exact) mass is 526 g/mol. The van der Waals surface area contributed by atoms with E-state index >= 15 is 4.39 Å². The Hall–Kier alpha value is -2.50. The molecule has 0 spiro atoms. The van der Waals surface area contributed by atoms with Crippen LogP contribution in [0.4, 0.5) is 4.39 Å². The molecule has 4 aromatic rings. The van der Waals surface area contributed by atoms with Gasteiger partial charge in [-0.05, 0) is 23.6 Å². The maximum Gasteiger partial charge on any atom is 0.208 e. The summed E-state index contributed by atoms with van der Waals surface area (Å²) in [5.74, 6) is 0. The van der Waals surface area contributed by atoms with Crippen LogP contribution in [0.5, 0.6) is 0 Å². The van der Waals surface area contributed by atoms with E-state index in [1.165, 1.54) is 23.5 Å². The minimum absolute atomic E-state index is 0.198. The smallest absolute Gasteiger partial charge is 0.208 e. The molecule has 188 valence electrons. The van der Waals surface area contributed by atoms with Crippen LogP contribution < -0.4 is 0 Å². The van der Waals surface area contributed by atoms with Gasteiger partial charge in [0, 0.05) is 0 Å². The van der Waals surface area contributed by atoms with E-state index in [2.05, 4.69) is 15.1 Å². The minimum Gasteiger partial charge on any atom is -0.374 e. The number of imidazole rings is 1. The number of nitrogens with zero attached hydrogens (tertiary/aromatic N) is 4. The number of hydrogen-bond acceptors (Lipinski definition) is 8. The topological polar surface area (TPSA) is 70.8 Å². The van der Waals surface area contributed by atoms with Crippen LogP contribution in [0.25, 0.3) is 5.65 Å². The summed E-state index contributed by atoms with van der Waals surface area (Å²) < 4.78 is 35.9. The number of hydrogen-bond donors (Lipinski definition) is 0. The molecule has 4 atom stereocenters. The number of fused-ring (bicyclic) bond motifs is 1. The number of benzene rings is 2. The first-order valence-corrected chi connectivity index (χ1v) is 14.0. The van der Waals surface area contributed by atoms with Crippen molar-refractivity contribution < 1.29 is 18.6 Å². The van der Waals surface area contributed by atoms with E-state index in [1.807, 2.05) is 73.2 Å². The molecule has 3 heterocycles. The number of alkyl halides is 1. The first-order chi connectivity index (χ1) is 17.7. The molecule has 2 aromatic carbocycles. The van der Waals surface area contributed by atoms with Gasteiger partial charge in [0.15, 0.2) is 11.8 Å². The van der Waals surface area contributed by atoms with Crippen molar-refractivity contribution in [1.29, 1.82) is 0 Å². The van der Waals surface area contributed by atoms with Crippen LogP contribution in [0.1, 0.15) is 22.9 Å². The fraction of sp³-hybridized carbons (Fsp3) is 0.346. The Balaban J connectivity index is 1.39. The summed E-state index contributed by atoms with van der Waals surface area (Å²) in [5, 5.41) is 5.87. The van der Waals surface area contributed by atoms with Gasteiger partial charge in [0.25, 0.3) is 0 Å². The molecule has 4 unspecified atom stereocenters. The number of halogens is 1.